The van der Waals surface area contributed by atoms with Gasteiger partial charge in [0, 0.05) is 24.2 Å². The fourth-order valence-electron chi connectivity index (χ4n) is 2.78. The van der Waals surface area contributed by atoms with E-state index in [1.165, 1.54) is 12.1 Å². The summed E-state index contributed by atoms with van der Waals surface area (Å²) in [5, 5.41) is 0. The Kier molecular flexibility index (Phi) is 5.96. The van der Waals surface area contributed by atoms with Gasteiger partial charge in [-0.2, -0.15) is 0 Å². The molecular weight excluding hydrogens is 279 g/mol. The maximum Gasteiger partial charge on any atom is 0.254 e. The van der Waals surface area contributed by atoms with Crippen molar-refractivity contribution in [2.24, 2.45) is 5.73 Å². The van der Waals surface area contributed by atoms with Crippen LogP contribution in [0, 0.1) is 12.7 Å². The first kappa shape index (κ1) is 16.9. The summed E-state index contributed by atoms with van der Waals surface area (Å²) in [6, 6.07) is 4.36. The van der Waals surface area contributed by atoms with Crippen LogP contribution in [0.3, 0.4) is 0 Å². The minimum atomic E-state index is -0.309. The minimum absolute atomic E-state index is 0. The predicted octanol–water partition coefficient (Wildman–Crippen LogP) is 2.90. The van der Waals surface area contributed by atoms with Gasteiger partial charge in [-0.1, -0.05) is 0 Å². The average Bonchev–Trinajstić information content (AvgIpc) is 2.38. The number of piperidine rings is 1. The zero-order valence-electron chi connectivity index (χ0n) is 11.9. The summed E-state index contributed by atoms with van der Waals surface area (Å²) in [5.74, 6) is -0.337. The normalized spacial score (nSPS) is 20.2. The molecule has 1 aromatic rings. The number of nitrogens with zero attached hydrogens (tertiary/aromatic N) is 1. The van der Waals surface area contributed by atoms with E-state index in [9.17, 15) is 9.18 Å². The first-order chi connectivity index (χ1) is 9.00. The Balaban J connectivity index is 0.00000200. The lowest BCUT2D eigenvalue weighted by Crippen LogP contribution is -2.51. The van der Waals surface area contributed by atoms with E-state index < -0.39 is 0 Å². The van der Waals surface area contributed by atoms with Gasteiger partial charge < -0.3 is 10.6 Å². The molecular formula is C15H22ClFN2O. The fourth-order valence-corrected chi connectivity index (χ4v) is 2.78. The Morgan fingerprint density at radius 2 is 2.15 bits per heavy atom. The van der Waals surface area contributed by atoms with E-state index in [0.717, 1.165) is 25.8 Å². The van der Waals surface area contributed by atoms with Crippen LogP contribution in [0.5, 0.6) is 0 Å². The molecule has 1 saturated heterocycles. The third-order valence-corrected chi connectivity index (χ3v) is 3.84. The number of nitrogens with two attached hydrogens (primary N) is 1. The molecule has 2 unspecified atom stereocenters. The molecule has 0 radical (unpaired) electrons. The number of hydrogen-bond donors (Lipinski definition) is 1. The number of aryl methyl sites for hydroxylation is 1. The van der Waals surface area contributed by atoms with Gasteiger partial charge in [0.15, 0.2) is 0 Å². The summed E-state index contributed by atoms with van der Waals surface area (Å²) in [4.78, 5) is 14.5. The van der Waals surface area contributed by atoms with Crippen LogP contribution in [0.15, 0.2) is 18.2 Å². The SMILES string of the molecule is Cc1cc(F)ccc1C(=O)N1CCCCC1C(C)N.Cl. The van der Waals surface area contributed by atoms with Gasteiger partial charge in [-0.15, -0.1) is 12.4 Å². The molecule has 0 bridgehead atoms. The van der Waals surface area contributed by atoms with Gasteiger partial charge in [0.2, 0.25) is 0 Å². The van der Waals surface area contributed by atoms with Gasteiger partial charge in [-0.05, 0) is 56.9 Å². The molecule has 1 amide bonds. The number of halogens is 2. The van der Waals surface area contributed by atoms with Gasteiger partial charge in [0.1, 0.15) is 5.82 Å². The summed E-state index contributed by atoms with van der Waals surface area (Å²) in [6.07, 6.45) is 3.07. The summed E-state index contributed by atoms with van der Waals surface area (Å²) < 4.78 is 13.1. The van der Waals surface area contributed by atoms with Gasteiger partial charge in [0.25, 0.3) is 5.91 Å². The largest absolute Gasteiger partial charge is 0.334 e. The molecule has 0 aromatic heterocycles. The zero-order chi connectivity index (χ0) is 14.0. The van der Waals surface area contributed by atoms with Crippen LogP contribution in [0.4, 0.5) is 4.39 Å². The molecule has 0 saturated carbocycles. The van der Waals surface area contributed by atoms with Crippen molar-refractivity contribution in [3.8, 4) is 0 Å². The summed E-state index contributed by atoms with van der Waals surface area (Å²) in [6.45, 7) is 4.44. The van der Waals surface area contributed by atoms with E-state index in [4.69, 9.17) is 5.73 Å². The lowest BCUT2D eigenvalue weighted by molar-refractivity contribution is 0.0583. The summed E-state index contributed by atoms with van der Waals surface area (Å²) in [5.41, 5.74) is 7.24. The molecule has 2 N–H and O–H groups in total. The Hall–Kier alpha value is -1.13. The van der Waals surface area contributed by atoms with Crippen LogP contribution in [0.1, 0.15) is 42.1 Å². The average molecular weight is 301 g/mol. The minimum Gasteiger partial charge on any atom is -0.334 e. The van der Waals surface area contributed by atoms with Crippen LogP contribution in [-0.4, -0.2) is 29.4 Å². The highest BCUT2D eigenvalue weighted by Gasteiger charge is 2.30. The first-order valence-corrected chi connectivity index (χ1v) is 6.83. The number of rotatable bonds is 2. The summed E-state index contributed by atoms with van der Waals surface area (Å²) >= 11 is 0. The van der Waals surface area contributed by atoms with Crippen molar-refractivity contribution in [2.75, 3.05) is 6.54 Å². The van der Waals surface area contributed by atoms with E-state index in [0.29, 0.717) is 11.1 Å². The van der Waals surface area contributed by atoms with Crippen molar-refractivity contribution < 1.29 is 9.18 Å². The molecule has 1 heterocycles. The number of carbonyl (C=O) groups excluding carboxylic acids is 1. The molecule has 0 aliphatic carbocycles. The van der Waals surface area contributed by atoms with E-state index in [2.05, 4.69) is 0 Å². The third kappa shape index (κ3) is 3.49. The Morgan fingerprint density at radius 3 is 2.75 bits per heavy atom. The second-order valence-electron chi connectivity index (χ2n) is 5.38. The van der Waals surface area contributed by atoms with Gasteiger partial charge >= 0.3 is 0 Å². The van der Waals surface area contributed by atoms with Crippen molar-refractivity contribution >= 4 is 18.3 Å². The van der Waals surface area contributed by atoms with Crippen LogP contribution >= 0.6 is 12.4 Å². The highest BCUT2D eigenvalue weighted by molar-refractivity contribution is 5.96. The number of hydrogen-bond acceptors (Lipinski definition) is 2. The number of benzene rings is 1. The maximum absolute atomic E-state index is 13.1. The van der Waals surface area contributed by atoms with Crippen LogP contribution < -0.4 is 5.73 Å². The van der Waals surface area contributed by atoms with Crippen LogP contribution in [0.2, 0.25) is 0 Å². The van der Waals surface area contributed by atoms with Crippen LogP contribution in [0.25, 0.3) is 0 Å². The number of likely N-dealkylation sites (tertiary alicyclic amines) is 1. The highest BCUT2D eigenvalue weighted by Crippen LogP contribution is 2.23. The lowest BCUT2D eigenvalue weighted by atomic mass is 9.95. The maximum atomic E-state index is 13.1. The standard InChI is InChI=1S/C15H21FN2O.ClH/c1-10-9-12(16)6-7-13(10)15(19)18-8-4-3-5-14(18)11(2)17;/h6-7,9,11,14H,3-5,8,17H2,1-2H3;1H. The fraction of sp³-hybridized carbons (Fsp3) is 0.533. The van der Waals surface area contributed by atoms with E-state index in [-0.39, 0.29) is 36.2 Å². The molecule has 5 heteroatoms. The molecule has 2 atom stereocenters. The zero-order valence-corrected chi connectivity index (χ0v) is 12.8. The van der Waals surface area contributed by atoms with Gasteiger partial charge in [0.05, 0.1) is 0 Å². The van der Waals surface area contributed by atoms with Crippen LogP contribution in [-0.2, 0) is 0 Å². The highest BCUT2D eigenvalue weighted by atomic mass is 35.5. The number of amides is 1. The molecule has 3 nitrogen and oxygen atoms in total. The molecule has 1 aliphatic heterocycles. The van der Waals surface area contributed by atoms with Gasteiger partial charge in [-0.25, -0.2) is 4.39 Å². The second-order valence-corrected chi connectivity index (χ2v) is 5.38. The molecule has 1 aliphatic rings. The monoisotopic (exact) mass is 300 g/mol. The Morgan fingerprint density at radius 1 is 1.45 bits per heavy atom. The first-order valence-electron chi connectivity index (χ1n) is 6.83. The molecule has 0 spiro atoms. The van der Waals surface area contributed by atoms with Crippen molar-refractivity contribution in [3.63, 3.8) is 0 Å². The van der Waals surface area contributed by atoms with E-state index in [1.807, 2.05) is 11.8 Å². The molecule has 2 rings (SSSR count). The van der Waals surface area contributed by atoms with E-state index in [1.54, 1.807) is 13.0 Å². The topological polar surface area (TPSA) is 46.3 Å². The molecule has 1 fully saturated rings. The van der Waals surface area contributed by atoms with Gasteiger partial charge in [-0.3, -0.25) is 4.79 Å². The smallest absolute Gasteiger partial charge is 0.254 e. The second kappa shape index (κ2) is 7.04. The quantitative estimate of drug-likeness (QED) is 0.913. The van der Waals surface area contributed by atoms with Crippen molar-refractivity contribution in [1.29, 1.82) is 0 Å². The lowest BCUT2D eigenvalue weighted by Gasteiger charge is -2.38. The van der Waals surface area contributed by atoms with Crippen molar-refractivity contribution in [2.45, 2.75) is 45.2 Å². The molecule has 112 valence electrons. The summed E-state index contributed by atoms with van der Waals surface area (Å²) in [7, 11) is 0. The molecule has 1 aromatic carbocycles. The van der Waals surface area contributed by atoms with E-state index >= 15 is 0 Å². The van der Waals surface area contributed by atoms with Crippen molar-refractivity contribution in [1.82, 2.24) is 4.90 Å². The third-order valence-electron chi connectivity index (χ3n) is 3.84. The molecule has 20 heavy (non-hydrogen) atoms. The predicted molar refractivity (Wildman–Crippen MR) is 80.7 cm³/mol. The Labute approximate surface area is 125 Å². The van der Waals surface area contributed by atoms with Crippen molar-refractivity contribution in [3.05, 3.63) is 35.1 Å². The number of carbonyl (C=O) groups is 1. The Bertz CT molecular complexity index is 479.